The number of benzene rings is 1. The highest BCUT2D eigenvalue weighted by Gasteiger charge is 2.18. The molecule has 2 atom stereocenters. The summed E-state index contributed by atoms with van der Waals surface area (Å²) in [5.41, 5.74) is 1.21. The highest BCUT2D eigenvalue weighted by atomic mass is 79.9. The Morgan fingerprint density at radius 2 is 2.07 bits per heavy atom. The first-order valence-electron chi connectivity index (χ1n) is 5.07. The average Bonchev–Trinajstić information content (AvgIpc) is 2.27. The molecule has 0 heterocycles. The average molecular weight is 336 g/mol. The zero-order valence-electron chi connectivity index (χ0n) is 9.26. The van der Waals surface area contributed by atoms with Gasteiger partial charge in [0.1, 0.15) is 5.75 Å². The van der Waals surface area contributed by atoms with Gasteiger partial charge in [-0.3, -0.25) is 0 Å². The maximum absolute atomic E-state index is 5.37. The molecular formula is C12H16Br2O. The van der Waals surface area contributed by atoms with Crippen molar-refractivity contribution in [3.05, 3.63) is 28.2 Å². The molecule has 0 aromatic heterocycles. The van der Waals surface area contributed by atoms with E-state index >= 15 is 0 Å². The summed E-state index contributed by atoms with van der Waals surface area (Å²) in [7, 11) is 1.71. The van der Waals surface area contributed by atoms with E-state index in [1.807, 2.05) is 12.1 Å². The Balaban J connectivity index is 3.05. The van der Waals surface area contributed by atoms with E-state index < -0.39 is 0 Å². The molecule has 15 heavy (non-hydrogen) atoms. The summed E-state index contributed by atoms with van der Waals surface area (Å²) in [5, 5.41) is 0. The van der Waals surface area contributed by atoms with Crippen molar-refractivity contribution in [2.24, 2.45) is 5.92 Å². The van der Waals surface area contributed by atoms with E-state index in [-0.39, 0.29) is 0 Å². The lowest BCUT2D eigenvalue weighted by molar-refractivity contribution is 0.404. The summed E-state index contributed by atoms with van der Waals surface area (Å²) >= 11 is 7.22. The molecule has 3 heteroatoms. The number of halogens is 2. The van der Waals surface area contributed by atoms with E-state index in [2.05, 4.69) is 51.8 Å². The largest absolute Gasteiger partial charge is 0.496 e. The Kier molecular flexibility index (Phi) is 5.13. The van der Waals surface area contributed by atoms with Crippen molar-refractivity contribution in [1.29, 1.82) is 0 Å². The summed E-state index contributed by atoms with van der Waals surface area (Å²) in [4.78, 5) is 0.343. The fourth-order valence-corrected chi connectivity index (χ4v) is 2.54. The van der Waals surface area contributed by atoms with E-state index in [1.54, 1.807) is 7.11 Å². The first kappa shape index (κ1) is 13.0. The van der Waals surface area contributed by atoms with Crippen LogP contribution < -0.4 is 4.74 Å². The molecule has 0 aliphatic rings. The zero-order chi connectivity index (χ0) is 11.4. The van der Waals surface area contributed by atoms with Gasteiger partial charge in [-0.1, -0.05) is 52.1 Å². The lowest BCUT2D eigenvalue weighted by atomic mass is 9.98. The molecule has 0 radical (unpaired) electrons. The Morgan fingerprint density at radius 3 is 2.60 bits per heavy atom. The van der Waals surface area contributed by atoms with Crippen molar-refractivity contribution >= 4 is 31.9 Å². The summed E-state index contributed by atoms with van der Waals surface area (Å²) in [6.45, 7) is 4.43. The van der Waals surface area contributed by atoms with E-state index in [0.29, 0.717) is 10.7 Å². The molecule has 0 spiro atoms. The first-order valence-corrected chi connectivity index (χ1v) is 6.78. The summed E-state index contributed by atoms with van der Waals surface area (Å²) in [6, 6.07) is 6.11. The van der Waals surface area contributed by atoms with E-state index in [4.69, 9.17) is 4.74 Å². The van der Waals surface area contributed by atoms with Crippen LogP contribution in [0, 0.1) is 5.92 Å². The van der Waals surface area contributed by atoms with Crippen LogP contribution in [0.4, 0.5) is 0 Å². The van der Waals surface area contributed by atoms with Crippen LogP contribution in [0.2, 0.25) is 0 Å². The van der Waals surface area contributed by atoms with Crippen molar-refractivity contribution in [3.63, 3.8) is 0 Å². The van der Waals surface area contributed by atoms with Gasteiger partial charge in [-0.15, -0.1) is 0 Å². The van der Waals surface area contributed by atoms with Gasteiger partial charge >= 0.3 is 0 Å². The second-order valence-electron chi connectivity index (χ2n) is 3.67. The molecule has 1 aromatic rings. The number of alkyl halides is 1. The Morgan fingerprint density at radius 1 is 1.40 bits per heavy atom. The van der Waals surface area contributed by atoms with Gasteiger partial charge < -0.3 is 4.74 Å². The molecule has 0 saturated heterocycles. The molecule has 0 bridgehead atoms. The monoisotopic (exact) mass is 334 g/mol. The highest BCUT2D eigenvalue weighted by molar-refractivity contribution is 9.10. The minimum Gasteiger partial charge on any atom is -0.496 e. The van der Waals surface area contributed by atoms with E-state index in [0.717, 1.165) is 16.6 Å². The maximum atomic E-state index is 5.37. The third-order valence-electron chi connectivity index (χ3n) is 2.63. The SMILES string of the molecule is CCC(C)C(Br)c1cc(Br)ccc1OC. The maximum Gasteiger partial charge on any atom is 0.123 e. The Labute approximate surface area is 108 Å². The van der Waals surface area contributed by atoms with Gasteiger partial charge in [0.2, 0.25) is 0 Å². The molecule has 84 valence electrons. The minimum absolute atomic E-state index is 0.343. The topological polar surface area (TPSA) is 9.23 Å². The van der Waals surface area contributed by atoms with Crippen LogP contribution in [0.3, 0.4) is 0 Å². The molecule has 1 aromatic carbocycles. The van der Waals surface area contributed by atoms with Crippen molar-refractivity contribution in [3.8, 4) is 5.75 Å². The second-order valence-corrected chi connectivity index (χ2v) is 5.58. The van der Waals surface area contributed by atoms with Crippen LogP contribution in [0.1, 0.15) is 30.7 Å². The lowest BCUT2D eigenvalue weighted by Crippen LogP contribution is -2.04. The van der Waals surface area contributed by atoms with Crippen LogP contribution >= 0.6 is 31.9 Å². The van der Waals surface area contributed by atoms with E-state index in [9.17, 15) is 0 Å². The van der Waals surface area contributed by atoms with E-state index in [1.165, 1.54) is 5.56 Å². The summed E-state index contributed by atoms with van der Waals surface area (Å²) < 4.78 is 6.45. The van der Waals surface area contributed by atoms with Gasteiger partial charge in [-0.2, -0.15) is 0 Å². The summed E-state index contributed by atoms with van der Waals surface area (Å²) in [6.07, 6.45) is 1.14. The number of hydrogen-bond donors (Lipinski definition) is 0. The molecule has 0 aliphatic carbocycles. The van der Waals surface area contributed by atoms with Crippen LogP contribution in [0.5, 0.6) is 5.75 Å². The molecule has 0 N–H and O–H groups in total. The van der Waals surface area contributed by atoms with Gasteiger partial charge in [0.15, 0.2) is 0 Å². The molecule has 0 aliphatic heterocycles. The quantitative estimate of drug-likeness (QED) is 0.708. The van der Waals surface area contributed by atoms with Crippen molar-refractivity contribution < 1.29 is 4.74 Å². The van der Waals surface area contributed by atoms with Crippen LogP contribution in [0.25, 0.3) is 0 Å². The molecule has 0 fully saturated rings. The van der Waals surface area contributed by atoms with Gasteiger partial charge in [-0.25, -0.2) is 0 Å². The van der Waals surface area contributed by atoms with Crippen molar-refractivity contribution in [1.82, 2.24) is 0 Å². The fraction of sp³-hybridized carbons (Fsp3) is 0.500. The van der Waals surface area contributed by atoms with Crippen LogP contribution in [0.15, 0.2) is 22.7 Å². The fourth-order valence-electron chi connectivity index (χ4n) is 1.43. The van der Waals surface area contributed by atoms with Crippen molar-refractivity contribution in [2.45, 2.75) is 25.1 Å². The third-order valence-corrected chi connectivity index (χ3v) is 4.52. The first-order chi connectivity index (χ1) is 7.10. The predicted octanol–water partition coefficient (Wildman–Crippen LogP) is 4.94. The second kappa shape index (κ2) is 5.90. The molecule has 2 unspecified atom stereocenters. The van der Waals surface area contributed by atoms with Gasteiger partial charge in [0.05, 0.1) is 7.11 Å². The molecule has 1 rings (SSSR count). The van der Waals surface area contributed by atoms with Gasteiger partial charge in [0, 0.05) is 14.9 Å². The van der Waals surface area contributed by atoms with Crippen LogP contribution in [-0.2, 0) is 0 Å². The lowest BCUT2D eigenvalue weighted by Gasteiger charge is -2.19. The summed E-state index contributed by atoms with van der Waals surface area (Å²) in [5.74, 6) is 1.54. The highest BCUT2D eigenvalue weighted by Crippen LogP contribution is 2.39. The Bertz CT molecular complexity index is 325. The molecule has 0 saturated carbocycles. The zero-order valence-corrected chi connectivity index (χ0v) is 12.4. The number of ether oxygens (including phenoxy) is 1. The van der Waals surface area contributed by atoms with Crippen molar-refractivity contribution in [2.75, 3.05) is 7.11 Å². The smallest absolute Gasteiger partial charge is 0.123 e. The molecular weight excluding hydrogens is 320 g/mol. The third kappa shape index (κ3) is 3.22. The van der Waals surface area contributed by atoms with Gasteiger partial charge in [0.25, 0.3) is 0 Å². The minimum atomic E-state index is 0.343. The molecule has 1 nitrogen and oxygen atoms in total. The Hall–Kier alpha value is -0.0200. The number of rotatable bonds is 4. The number of methoxy groups -OCH3 is 1. The normalized spacial score (nSPS) is 14.7. The number of hydrogen-bond acceptors (Lipinski definition) is 1. The predicted molar refractivity (Wildman–Crippen MR) is 71.8 cm³/mol. The van der Waals surface area contributed by atoms with Gasteiger partial charge in [-0.05, 0) is 24.1 Å². The molecule has 0 amide bonds. The standard InChI is InChI=1S/C12H16Br2O/c1-4-8(2)12(14)10-7-9(13)5-6-11(10)15-3/h5-8,12H,4H2,1-3H3. The van der Waals surface area contributed by atoms with Crippen LogP contribution in [-0.4, -0.2) is 7.11 Å².